The van der Waals surface area contributed by atoms with E-state index >= 15 is 0 Å². The Hall–Kier alpha value is -6.38. The third kappa shape index (κ3) is 4.97. The first-order valence-electron chi connectivity index (χ1n) is 25.4. The Bertz CT molecular complexity index is 3530. The molecule has 2 aliphatic heterocycles. The number of hydrogen-bond donors (Lipinski definition) is 0. The number of rotatable bonds is 4. The van der Waals surface area contributed by atoms with Crippen LogP contribution in [-0.4, -0.2) is 11.1 Å². The molecule has 0 saturated heterocycles. The predicted octanol–water partition coefficient (Wildman–Crippen LogP) is 17.7. The van der Waals surface area contributed by atoms with E-state index in [9.17, 15) is 0 Å². The van der Waals surface area contributed by atoms with Crippen molar-refractivity contribution < 1.29 is 0 Å². The molecule has 4 unspecified atom stereocenters. The first-order valence-corrected chi connectivity index (χ1v) is 25.4. The standard InChI is InChI=1S/C65H60N2/c1-61(2)52-37-42(43-25-31-56-53(38-43)62(3)33-13-15-35-64(62,5)66(56)46-17-9-7-10-18-46)23-28-49(52)51-30-22-41-21-29-50-48(27-24-45-40-55(61)60(51)59(41)58(45)50)44-26-32-57-54(39-44)63(4)34-14-16-36-65(63,6)67(57)47-19-11-8-12-20-47/h7-12,17-32,37-40H,13-16,33-36H2,1-6H3. The monoisotopic (exact) mass is 868 g/mol. The molecule has 67 heavy (non-hydrogen) atoms. The second kappa shape index (κ2) is 13.4. The fourth-order valence-electron chi connectivity index (χ4n) is 15.3. The van der Waals surface area contributed by atoms with Gasteiger partial charge in [0.2, 0.25) is 0 Å². The SMILES string of the molecule is CC1(C)c2cc(-c3ccc4c(c3)C3(C)CCCCC3(C)N4c3ccccc3)ccc2-c2ccc3ccc4c(-c5ccc6c(c5)C5(C)CCCCC5(C)N6c5ccccc5)ccc5cc1c2c3c54. The molecule has 4 atom stereocenters. The summed E-state index contributed by atoms with van der Waals surface area (Å²) in [6, 6.07) is 61.6. The Morgan fingerprint density at radius 3 is 1.48 bits per heavy atom. The van der Waals surface area contributed by atoms with Gasteiger partial charge in [-0.15, -0.1) is 0 Å². The van der Waals surface area contributed by atoms with Crippen LogP contribution in [0.5, 0.6) is 0 Å². The third-order valence-corrected chi connectivity index (χ3v) is 19.3. The Labute approximate surface area is 396 Å². The first kappa shape index (κ1) is 39.8. The Kier molecular flexibility index (Phi) is 7.95. The Balaban J connectivity index is 0.902. The number of fused-ring (bicyclic) bond motifs is 8. The zero-order valence-corrected chi connectivity index (χ0v) is 40.1. The van der Waals surface area contributed by atoms with E-state index in [-0.39, 0.29) is 27.3 Å². The van der Waals surface area contributed by atoms with E-state index < -0.39 is 0 Å². The molecule has 2 heterocycles. The van der Waals surface area contributed by atoms with E-state index in [1.54, 1.807) is 0 Å². The van der Waals surface area contributed by atoms with Gasteiger partial charge in [-0.05, 0) is 188 Å². The molecule has 2 heteroatoms. The summed E-state index contributed by atoms with van der Waals surface area (Å²) in [5.41, 5.74) is 19.3. The lowest BCUT2D eigenvalue weighted by Crippen LogP contribution is -2.54. The molecule has 0 spiro atoms. The van der Waals surface area contributed by atoms with Gasteiger partial charge in [-0.25, -0.2) is 0 Å². The molecule has 2 saturated carbocycles. The van der Waals surface area contributed by atoms with Crippen LogP contribution in [0, 0.1) is 0 Å². The van der Waals surface area contributed by atoms with Gasteiger partial charge in [-0.2, -0.15) is 0 Å². The highest BCUT2D eigenvalue weighted by molar-refractivity contribution is 6.29. The lowest BCUT2D eigenvalue weighted by molar-refractivity contribution is 0.195. The first-order chi connectivity index (χ1) is 32.4. The molecule has 14 rings (SSSR count). The number of benzene rings is 9. The van der Waals surface area contributed by atoms with Crippen molar-refractivity contribution in [3.63, 3.8) is 0 Å². The zero-order chi connectivity index (χ0) is 45.2. The van der Waals surface area contributed by atoms with Crippen molar-refractivity contribution in [2.45, 2.75) is 120 Å². The highest BCUT2D eigenvalue weighted by Crippen LogP contribution is 2.63. The summed E-state index contributed by atoms with van der Waals surface area (Å²) in [6.45, 7) is 15.1. The summed E-state index contributed by atoms with van der Waals surface area (Å²) < 4.78 is 0. The van der Waals surface area contributed by atoms with Crippen LogP contribution in [0.2, 0.25) is 0 Å². The Morgan fingerprint density at radius 2 is 0.851 bits per heavy atom. The van der Waals surface area contributed by atoms with Crippen molar-refractivity contribution in [1.29, 1.82) is 0 Å². The van der Waals surface area contributed by atoms with Crippen LogP contribution in [0.3, 0.4) is 0 Å². The van der Waals surface area contributed by atoms with Gasteiger partial charge in [-0.1, -0.05) is 150 Å². The number of anilines is 4. The van der Waals surface area contributed by atoms with E-state index in [4.69, 9.17) is 0 Å². The summed E-state index contributed by atoms with van der Waals surface area (Å²) in [5.74, 6) is 0. The molecular formula is C65H60N2. The average molecular weight is 869 g/mol. The maximum Gasteiger partial charge on any atom is 0.0517 e. The molecular weight excluding hydrogens is 809 g/mol. The molecule has 2 nitrogen and oxygen atoms in total. The lowest BCUT2D eigenvalue weighted by atomic mass is 9.61. The van der Waals surface area contributed by atoms with Crippen LogP contribution in [0.25, 0.3) is 65.7 Å². The van der Waals surface area contributed by atoms with Gasteiger partial charge < -0.3 is 9.80 Å². The molecule has 5 aliphatic rings. The van der Waals surface area contributed by atoms with Crippen LogP contribution >= 0.6 is 0 Å². The summed E-state index contributed by atoms with van der Waals surface area (Å²) >= 11 is 0. The lowest BCUT2D eigenvalue weighted by Gasteiger charge is -2.50. The molecule has 3 aliphatic carbocycles. The molecule has 0 radical (unpaired) electrons. The third-order valence-electron chi connectivity index (χ3n) is 19.3. The highest BCUT2D eigenvalue weighted by Gasteiger charge is 2.59. The van der Waals surface area contributed by atoms with E-state index in [1.165, 1.54) is 162 Å². The van der Waals surface area contributed by atoms with Crippen molar-refractivity contribution in [3.05, 3.63) is 180 Å². The molecule has 9 aromatic carbocycles. The van der Waals surface area contributed by atoms with Crippen molar-refractivity contribution >= 4 is 55.1 Å². The maximum atomic E-state index is 2.69. The minimum absolute atomic E-state index is 0.0294. The molecule has 330 valence electrons. The van der Waals surface area contributed by atoms with E-state index in [0.29, 0.717) is 0 Å². The second-order valence-electron chi connectivity index (χ2n) is 22.7. The number of nitrogens with zero attached hydrogens (tertiary/aromatic N) is 2. The number of para-hydroxylation sites is 2. The topological polar surface area (TPSA) is 6.48 Å². The number of hydrogen-bond acceptors (Lipinski definition) is 2. The van der Waals surface area contributed by atoms with Crippen LogP contribution < -0.4 is 9.80 Å². The van der Waals surface area contributed by atoms with Crippen LogP contribution in [-0.2, 0) is 16.2 Å². The highest BCUT2D eigenvalue weighted by atomic mass is 15.3. The van der Waals surface area contributed by atoms with Gasteiger partial charge in [0, 0.05) is 39.0 Å². The molecule has 0 N–H and O–H groups in total. The predicted molar refractivity (Wildman–Crippen MR) is 284 cm³/mol. The quantitative estimate of drug-likeness (QED) is 0.163. The van der Waals surface area contributed by atoms with Crippen LogP contribution in [0.4, 0.5) is 22.7 Å². The normalized spacial score (nSPS) is 25.6. The molecule has 9 aromatic rings. The zero-order valence-electron chi connectivity index (χ0n) is 40.1. The minimum atomic E-state index is -0.202. The molecule has 0 amide bonds. The Morgan fingerprint density at radius 1 is 0.358 bits per heavy atom. The summed E-state index contributed by atoms with van der Waals surface area (Å²) in [7, 11) is 0. The fourth-order valence-corrected chi connectivity index (χ4v) is 15.3. The van der Waals surface area contributed by atoms with Crippen molar-refractivity contribution in [3.8, 4) is 33.4 Å². The second-order valence-corrected chi connectivity index (χ2v) is 22.7. The average Bonchev–Trinajstić information content (AvgIpc) is 3.69. The smallest absolute Gasteiger partial charge is 0.0517 e. The van der Waals surface area contributed by atoms with Gasteiger partial charge in [0.25, 0.3) is 0 Å². The summed E-state index contributed by atoms with van der Waals surface area (Å²) in [6.07, 6.45) is 9.96. The van der Waals surface area contributed by atoms with Crippen LogP contribution in [0.1, 0.15) is 115 Å². The van der Waals surface area contributed by atoms with Gasteiger partial charge >= 0.3 is 0 Å². The van der Waals surface area contributed by atoms with Gasteiger partial charge in [0.15, 0.2) is 0 Å². The largest absolute Gasteiger partial charge is 0.334 e. The maximum absolute atomic E-state index is 2.69. The van der Waals surface area contributed by atoms with Crippen LogP contribution in [0.15, 0.2) is 158 Å². The van der Waals surface area contributed by atoms with Gasteiger partial charge in [0.05, 0.1) is 11.1 Å². The van der Waals surface area contributed by atoms with Crippen molar-refractivity contribution in [2.24, 2.45) is 0 Å². The fraction of sp³-hybridized carbons (Fsp3) is 0.292. The van der Waals surface area contributed by atoms with Crippen molar-refractivity contribution in [2.75, 3.05) is 9.80 Å². The molecule has 0 aromatic heterocycles. The van der Waals surface area contributed by atoms with Gasteiger partial charge in [0.1, 0.15) is 0 Å². The molecule has 0 bridgehead atoms. The summed E-state index contributed by atoms with van der Waals surface area (Å²) in [5, 5.41) is 8.27. The molecule has 2 fully saturated rings. The van der Waals surface area contributed by atoms with E-state index in [2.05, 4.69) is 209 Å². The van der Waals surface area contributed by atoms with E-state index in [1.807, 2.05) is 0 Å². The van der Waals surface area contributed by atoms with E-state index in [0.717, 1.165) is 0 Å². The van der Waals surface area contributed by atoms with Crippen molar-refractivity contribution in [1.82, 2.24) is 0 Å². The minimum Gasteiger partial charge on any atom is -0.334 e. The summed E-state index contributed by atoms with van der Waals surface area (Å²) in [4.78, 5) is 5.38. The van der Waals surface area contributed by atoms with Gasteiger partial charge in [-0.3, -0.25) is 0 Å².